The lowest BCUT2D eigenvalue weighted by Crippen LogP contribution is -2.38. The van der Waals surface area contributed by atoms with E-state index < -0.39 is 5.97 Å². The van der Waals surface area contributed by atoms with E-state index in [0.29, 0.717) is 18.6 Å². The topological polar surface area (TPSA) is 58.6 Å². The minimum Gasteiger partial charge on any atom is -0.481 e. The van der Waals surface area contributed by atoms with E-state index in [9.17, 15) is 4.79 Å². The van der Waals surface area contributed by atoms with Gasteiger partial charge in [-0.1, -0.05) is 0 Å². The molecule has 2 unspecified atom stereocenters. The Morgan fingerprint density at radius 3 is 3.07 bits per heavy atom. The van der Waals surface area contributed by atoms with Crippen LogP contribution in [-0.2, 0) is 9.53 Å². The lowest BCUT2D eigenvalue weighted by atomic mass is 10.0. The van der Waals surface area contributed by atoms with E-state index >= 15 is 0 Å². The predicted octanol–water partition coefficient (Wildman–Crippen LogP) is 1.01. The molecule has 1 heterocycles. The van der Waals surface area contributed by atoms with E-state index in [1.54, 1.807) is 0 Å². The Bertz CT molecular complexity index is 184. The zero-order valence-electron chi connectivity index (χ0n) is 8.66. The van der Waals surface area contributed by atoms with Crippen molar-refractivity contribution in [1.29, 1.82) is 0 Å². The molecule has 0 aromatic rings. The molecule has 2 atom stereocenters. The van der Waals surface area contributed by atoms with Crippen LogP contribution in [0, 0.1) is 0 Å². The number of ether oxygens (including phenoxy) is 1. The number of nitrogens with one attached hydrogen (secondary N) is 1. The number of carbonyl (C=O) groups is 1. The zero-order chi connectivity index (χ0) is 10.4. The van der Waals surface area contributed by atoms with Crippen molar-refractivity contribution in [2.45, 2.75) is 44.8 Å². The van der Waals surface area contributed by atoms with Crippen LogP contribution in [-0.4, -0.2) is 36.4 Å². The molecule has 0 radical (unpaired) electrons. The first-order valence-corrected chi connectivity index (χ1v) is 5.25. The van der Waals surface area contributed by atoms with Gasteiger partial charge in [0.1, 0.15) is 0 Å². The minimum absolute atomic E-state index is 0.256. The Hall–Kier alpha value is -0.610. The van der Waals surface area contributed by atoms with Gasteiger partial charge in [0.05, 0.1) is 6.10 Å². The highest BCUT2D eigenvalue weighted by Crippen LogP contribution is 2.12. The smallest absolute Gasteiger partial charge is 0.303 e. The highest BCUT2D eigenvalue weighted by molar-refractivity contribution is 5.66. The molecule has 2 N–H and O–H groups in total. The van der Waals surface area contributed by atoms with Crippen LogP contribution in [0.1, 0.15) is 32.6 Å². The Morgan fingerprint density at radius 2 is 2.43 bits per heavy atom. The maximum atomic E-state index is 10.3. The summed E-state index contributed by atoms with van der Waals surface area (Å²) in [5.41, 5.74) is 0. The van der Waals surface area contributed by atoms with Gasteiger partial charge >= 0.3 is 5.97 Å². The van der Waals surface area contributed by atoms with Crippen LogP contribution < -0.4 is 5.32 Å². The molecule has 0 aliphatic carbocycles. The molecule has 0 aromatic carbocycles. The average molecular weight is 201 g/mol. The van der Waals surface area contributed by atoms with Gasteiger partial charge in [-0.15, -0.1) is 0 Å². The maximum absolute atomic E-state index is 10.3. The quantitative estimate of drug-likeness (QED) is 0.652. The molecule has 1 aliphatic rings. The Morgan fingerprint density at radius 1 is 1.64 bits per heavy atom. The third-order valence-electron chi connectivity index (χ3n) is 2.49. The third kappa shape index (κ3) is 4.58. The fraction of sp³-hybridized carbons (Fsp3) is 0.900. The molecule has 14 heavy (non-hydrogen) atoms. The largest absolute Gasteiger partial charge is 0.481 e. The molecule has 0 bridgehead atoms. The fourth-order valence-corrected chi connectivity index (χ4v) is 1.73. The van der Waals surface area contributed by atoms with E-state index in [4.69, 9.17) is 9.84 Å². The normalized spacial score (nSPS) is 27.5. The van der Waals surface area contributed by atoms with Crippen molar-refractivity contribution in [3.63, 3.8) is 0 Å². The van der Waals surface area contributed by atoms with Crippen LogP contribution in [0.15, 0.2) is 0 Å². The number of aliphatic carboxylic acids is 1. The Labute approximate surface area is 84.6 Å². The van der Waals surface area contributed by atoms with Gasteiger partial charge in [-0.05, 0) is 32.7 Å². The average Bonchev–Trinajstić information content (AvgIpc) is 2.12. The predicted molar refractivity (Wildman–Crippen MR) is 53.3 cm³/mol. The van der Waals surface area contributed by atoms with Crippen LogP contribution in [0.3, 0.4) is 0 Å². The molecular formula is C10H19NO3. The van der Waals surface area contributed by atoms with Crippen LogP contribution in [0.4, 0.5) is 0 Å². The van der Waals surface area contributed by atoms with Gasteiger partial charge in [0.15, 0.2) is 0 Å². The lowest BCUT2D eigenvalue weighted by Gasteiger charge is -2.28. The van der Waals surface area contributed by atoms with Crippen molar-refractivity contribution in [2.24, 2.45) is 0 Å². The molecule has 1 rings (SSSR count). The van der Waals surface area contributed by atoms with E-state index in [-0.39, 0.29) is 6.42 Å². The molecule has 4 nitrogen and oxygen atoms in total. The molecule has 1 fully saturated rings. The molecular weight excluding hydrogens is 182 g/mol. The summed E-state index contributed by atoms with van der Waals surface area (Å²) in [7, 11) is 0. The summed E-state index contributed by atoms with van der Waals surface area (Å²) in [5.74, 6) is -0.716. The van der Waals surface area contributed by atoms with E-state index in [1.165, 1.54) is 0 Å². The van der Waals surface area contributed by atoms with E-state index in [2.05, 4.69) is 12.2 Å². The van der Waals surface area contributed by atoms with Crippen molar-refractivity contribution in [2.75, 3.05) is 13.2 Å². The second kappa shape index (κ2) is 5.98. The zero-order valence-corrected chi connectivity index (χ0v) is 8.66. The molecule has 1 aliphatic heterocycles. The van der Waals surface area contributed by atoms with Gasteiger partial charge in [-0.3, -0.25) is 4.79 Å². The molecule has 4 heteroatoms. The van der Waals surface area contributed by atoms with Gasteiger partial charge in [-0.2, -0.15) is 0 Å². The summed E-state index contributed by atoms with van der Waals surface area (Å²) in [6.45, 7) is 3.69. The SMILES string of the molecule is CC1CC(NCCCC(=O)O)CCO1. The second-order valence-electron chi connectivity index (χ2n) is 3.85. The minimum atomic E-state index is -0.716. The van der Waals surface area contributed by atoms with Crippen LogP contribution in [0.2, 0.25) is 0 Å². The molecule has 1 saturated heterocycles. The van der Waals surface area contributed by atoms with Crippen molar-refractivity contribution in [1.82, 2.24) is 5.32 Å². The van der Waals surface area contributed by atoms with Crippen molar-refractivity contribution >= 4 is 5.97 Å². The number of hydrogen-bond donors (Lipinski definition) is 2. The van der Waals surface area contributed by atoms with Crippen molar-refractivity contribution in [3.8, 4) is 0 Å². The van der Waals surface area contributed by atoms with E-state index in [1.807, 2.05) is 0 Å². The maximum Gasteiger partial charge on any atom is 0.303 e. The van der Waals surface area contributed by atoms with Gasteiger partial charge in [0.25, 0.3) is 0 Å². The fourth-order valence-electron chi connectivity index (χ4n) is 1.73. The summed E-state index contributed by atoms with van der Waals surface area (Å²) >= 11 is 0. The van der Waals surface area contributed by atoms with E-state index in [0.717, 1.165) is 26.0 Å². The van der Waals surface area contributed by atoms with Gasteiger partial charge < -0.3 is 15.2 Å². The summed E-state index contributed by atoms with van der Waals surface area (Å²) in [6.07, 6.45) is 3.37. The van der Waals surface area contributed by atoms with Crippen LogP contribution in [0.25, 0.3) is 0 Å². The second-order valence-corrected chi connectivity index (χ2v) is 3.85. The van der Waals surface area contributed by atoms with Crippen molar-refractivity contribution < 1.29 is 14.6 Å². The lowest BCUT2D eigenvalue weighted by molar-refractivity contribution is -0.137. The standard InChI is InChI=1S/C10H19NO3/c1-8-7-9(4-6-14-8)11-5-2-3-10(12)13/h8-9,11H,2-7H2,1H3,(H,12,13). The number of hydrogen-bond acceptors (Lipinski definition) is 3. The molecule has 0 aromatic heterocycles. The molecule has 0 spiro atoms. The molecule has 0 saturated carbocycles. The molecule has 82 valence electrons. The third-order valence-corrected chi connectivity index (χ3v) is 2.49. The van der Waals surface area contributed by atoms with Crippen molar-refractivity contribution in [3.05, 3.63) is 0 Å². The summed E-state index contributed by atoms with van der Waals surface area (Å²) in [6, 6.07) is 0.507. The number of carboxylic acid groups (broad SMARTS) is 1. The van der Waals surface area contributed by atoms with Crippen LogP contribution >= 0.6 is 0 Å². The highest BCUT2D eigenvalue weighted by atomic mass is 16.5. The van der Waals surface area contributed by atoms with Gasteiger partial charge in [0.2, 0.25) is 0 Å². The monoisotopic (exact) mass is 201 g/mol. The highest BCUT2D eigenvalue weighted by Gasteiger charge is 2.18. The number of rotatable bonds is 5. The Balaban J connectivity index is 2.03. The molecule has 0 amide bonds. The van der Waals surface area contributed by atoms with Gasteiger partial charge in [-0.25, -0.2) is 0 Å². The first-order chi connectivity index (χ1) is 6.68. The first kappa shape index (κ1) is 11.5. The van der Waals surface area contributed by atoms with Crippen LogP contribution in [0.5, 0.6) is 0 Å². The van der Waals surface area contributed by atoms with Gasteiger partial charge in [0, 0.05) is 19.1 Å². The summed E-state index contributed by atoms with van der Waals surface area (Å²) in [4.78, 5) is 10.3. The summed E-state index contributed by atoms with van der Waals surface area (Å²) in [5, 5.41) is 11.8. The number of carboxylic acids is 1. The first-order valence-electron chi connectivity index (χ1n) is 5.25. The summed E-state index contributed by atoms with van der Waals surface area (Å²) < 4.78 is 5.42. The Kier molecular flexibility index (Phi) is 4.90.